The minimum atomic E-state index is -1.41. The molecule has 2 aromatic heterocycles. The molecule has 1 aromatic carbocycles. The second-order valence-corrected chi connectivity index (χ2v) is 7.60. The first-order valence-electron chi connectivity index (χ1n) is 9.54. The number of nitrogens with zero attached hydrogens (tertiary/aromatic N) is 3. The molecule has 0 spiro atoms. The number of halogens is 1. The second kappa shape index (κ2) is 7.42. The summed E-state index contributed by atoms with van der Waals surface area (Å²) in [6.07, 6.45) is 1.18. The Labute approximate surface area is 171 Å². The van der Waals surface area contributed by atoms with E-state index in [2.05, 4.69) is 10.3 Å². The quantitative estimate of drug-likeness (QED) is 0.605. The Kier molecular flexibility index (Phi) is 4.90. The SMILES string of the molecule is C[C@@H]1CN(c2nc3c(cc2F)c(=O)c(C(=O)O)cn3-c2ccc(O)cc2)C[C@H](C)N1. The highest BCUT2D eigenvalue weighted by Crippen LogP contribution is 2.25. The molecule has 2 atom stereocenters. The van der Waals surface area contributed by atoms with Crippen LogP contribution >= 0.6 is 0 Å². The van der Waals surface area contributed by atoms with Crippen LogP contribution in [0.15, 0.2) is 41.3 Å². The third kappa shape index (κ3) is 3.48. The minimum Gasteiger partial charge on any atom is -0.508 e. The standard InChI is InChI=1S/C21H21FN4O4/c1-11-8-25(9-12(2)23-11)20-17(22)7-15-18(28)16(21(29)30)10-26(19(15)24-20)13-3-5-14(27)6-4-13/h3-7,10-12,23,27H,8-9H2,1-2H3,(H,29,30)/t11-,12+. The number of phenols is 1. The summed E-state index contributed by atoms with van der Waals surface area (Å²) in [5.41, 5.74) is -0.667. The third-order valence-corrected chi connectivity index (χ3v) is 5.13. The fraction of sp³-hybridized carbons (Fsp3) is 0.286. The molecule has 0 bridgehead atoms. The lowest BCUT2D eigenvalue weighted by atomic mass is 10.1. The number of pyridine rings is 2. The summed E-state index contributed by atoms with van der Waals surface area (Å²) in [4.78, 5) is 30.6. The number of benzene rings is 1. The summed E-state index contributed by atoms with van der Waals surface area (Å²) >= 11 is 0. The van der Waals surface area contributed by atoms with Crippen molar-refractivity contribution in [2.24, 2.45) is 0 Å². The molecular weight excluding hydrogens is 391 g/mol. The van der Waals surface area contributed by atoms with Gasteiger partial charge in [-0.2, -0.15) is 0 Å². The van der Waals surface area contributed by atoms with Crippen molar-refractivity contribution in [3.8, 4) is 11.4 Å². The maximum absolute atomic E-state index is 15.0. The average Bonchev–Trinajstić information content (AvgIpc) is 2.68. The predicted octanol–water partition coefficient (Wildman–Crippen LogP) is 2.12. The van der Waals surface area contributed by atoms with Gasteiger partial charge in [-0.15, -0.1) is 0 Å². The number of carboxylic acid groups (broad SMARTS) is 1. The molecule has 0 saturated carbocycles. The molecule has 0 radical (unpaired) electrons. The van der Waals surface area contributed by atoms with E-state index in [1.54, 1.807) is 12.1 Å². The monoisotopic (exact) mass is 412 g/mol. The molecular formula is C21H21FN4O4. The summed E-state index contributed by atoms with van der Waals surface area (Å²) in [6.45, 7) is 5.06. The summed E-state index contributed by atoms with van der Waals surface area (Å²) in [7, 11) is 0. The van der Waals surface area contributed by atoms with E-state index in [4.69, 9.17) is 0 Å². The van der Waals surface area contributed by atoms with Gasteiger partial charge in [-0.05, 0) is 44.2 Å². The molecule has 1 aliphatic heterocycles. The van der Waals surface area contributed by atoms with Gasteiger partial charge in [-0.3, -0.25) is 4.79 Å². The van der Waals surface area contributed by atoms with Crippen LogP contribution in [0.3, 0.4) is 0 Å². The Hall–Kier alpha value is -3.46. The minimum absolute atomic E-state index is 0.0334. The molecule has 9 heteroatoms. The van der Waals surface area contributed by atoms with E-state index in [0.29, 0.717) is 18.8 Å². The molecule has 3 aromatic rings. The van der Waals surface area contributed by atoms with E-state index >= 15 is 4.39 Å². The normalized spacial score (nSPS) is 19.2. The predicted molar refractivity (Wildman–Crippen MR) is 110 cm³/mol. The van der Waals surface area contributed by atoms with Gasteiger partial charge in [-0.25, -0.2) is 14.2 Å². The molecule has 3 N–H and O–H groups in total. The number of phenolic OH excluding ortho intramolecular Hbond substituents is 1. The second-order valence-electron chi connectivity index (χ2n) is 7.60. The van der Waals surface area contributed by atoms with Crippen molar-refractivity contribution in [2.45, 2.75) is 25.9 Å². The highest BCUT2D eigenvalue weighted by atomic mass is 19.1. The van der Waals surface area contributed by atoms with Crippen molar-refractivity contribution in [3.63, 3.8) is 0 Å². The Balaban J connectivity index is 1.98. The van der Waals surface area contributed by atoms with Gasteiger partial charge in [0, 0.05) is 37.1 Å². The number of rotatable bonds is 3. The van der Waals surface area contributed by atoms with E-state index < -0.39 is 22.8 Å². The number of fused-ring (bicyclic) bond motifs is 1. The molecule has 0 amide bonds. The van der Waals surface area contributed by atoms with Gasteiger partial charge < -0.3 is 25.0 Å². The summed E-state index contributed by atoms with van der Waals surface area (Å²) in [6, 6.07) is 7.29. The lowest BCUT2D eigenvalue weighted by molar-refractivity contribution is 0.0695. The Morgan fingerprint density at radius 2 is 1.83 bits per heavy atom. The first kappa shape index (κ1) is 19.8. The molecule has 1 fully saturated rings. The van der Waals surface area contributed by atoms with Crippen molar-refractivity contribution in [3.05, 3.63) is 58.1 Å². The Bertz CT molecular complexity index is 1180. The molecule has 30 heavy (non-hydrogen) atoms. The van der Waals surface area contributed by atoms with Crippen LogP contribution in [0.1, 0.15) is 24.2 Å². The number of carbonyl (C=O) groups is 1. The number of aromatic nitrogens is 2. The number of hydrogen-bond acceptors (Lipinski definition) is 6. The average molecular weight is 412 g/mol. The number of hydrogen-bond donors (Lipinski definition) is 3. The smallest absolute Gasteiger partial charge is 0.341 e. The van der Waals surface area contributed by atoms with Crippen LogP contribution in [0.25, 0.3) is 16.7 Å². The molecule has 1 saturated heterocycles. The van der Waals surface area contributed by atoms with Crippen molar-refractivity contribution < 1.29 is 19.4 Å². The number of aromatic carboxylic acids is 1. The number of anilines is 1. The highest BCUT2D eigenvalue weighted by molar-refractivity contribution is 5.92. The summed E-state index contributed by atoms with van der Waals surface area (Å²) in [5.74, 6) is -1.95. The summed E-state index contributed by atoms with van der Waals surface area (Å²) in [5, 5.41) is 22.3. The van der Waals surface area contributed by atoms with E-state index in [9.17, 15) is 19.8 Å². The number of nitrogens with one attached hydrogen (secondary N) is 1. The maximum Gasteiger partial charge on any atom is 0.341 e. The first-order valence-corrected chi connectivity index (χ1v) is 9.54. The molecule has 0 unspecified atom stereocenters. The van der Waals surface area contributed by atoms with E-state index in [0.717, 1.165) is 6.07 Å². The number of piperazine rings is 1. The van der Waals surface area contributed by atoms with Crippen LogP contribution in [0, 0.1) is 5.82 Å². The van der Waals surface area contributed by atoms with Gasteiger partial charge in [0.1, 0.15) is 11.3 Å². The fourth-order valence-electron chi connectivity index (χ4n) is 3.90. The van der Waals surface area contributed by atoms with Gasteiger partial charge in [0.15, 0.2) is 17.3 Å². The van der Waals surface area contributed by atoms with Crippen LogP contribution in [-0.2, 0) is 0 Å². The molecule has 0 aliphatic carbocycles. The first-order chi connectivity index (χ1) is 14.2. The number of aromatic hydroxyl groups is 1. The topological polar surface area (TPSA) is 108 Å². The lowest BCUT2D eigenvalue weighted by Crippen LogP contribution is -2.54. The van der Waals surface area contributed by atoms with E-state index in [1.165, 1.54) is 22.9 Å². The molecule has 4 rings (SSSR count). The third-order valence-electron chi connectivity index (χ3n) is 5.13. The maximum atomic E-state index is 15.0. The fourth-order valence-corrected chi connectivity index (χ4v) is 3.90. The Morgan fingerprint density at radius 1 is 1.20 bits per heavy atom. The zero-order valence-corrected chi connectivity index (χ0v) is 16.5. The Morgan fingerprint density at radius 3 is 2.43 bits per heavy atom. The van der Waals surface area contributed by atoms with Crippen LogP contribution in [0.2, 0.25) is 0 Å². The van der Waals surface area contributed by atoms with Crippen LogP contribution < -0.4 is 15.6 Å². The number of carboxylic acids is 1. The van der Waals surface area contributed by atoms with Gasteiger partial charge in [0.2, 0.25) is 5.43 Å². The summed E-state index contributed by atoms with van der Waals surface area (Å²) < 4.78 is 16.4. The van der Waals surface area contributed by atoms with Crippen molar-refractivity contribution in [2.75, 3.05) is 18.0 Å². The zero-order valence-electron chi connectivity index (χ0n) is 16.5. The zero-order chi connectivity index (χ0) is 21.6. The van der Waals surface area contributed by atoms with Crippen LogP contribution in [0.4, 0.5) is 10.2 Å². The molecule has 1 aliphatic rings. The van der Waals surface area contributed by atoms with E-state index in [1.807, 2.05) is 18.7 Å². The van der Waals surface area contributed by atoms with Gasteiger partial charge in [0.05, 0.1) is 5.39 Å². The van der Waals surface area contributed by atoms with E-state index in [-0.39, 0.29) is 34.7 Å². The van der Waals surface area contributed by atoms with Gasteiger partial charge in [0.25, 0.3) is 0 Å². The molecule has 8 nitrogen and oxygen atoms in total. The van der Waals surface area contributed by atoms with Crippen molar-refractivity contribution in [1.82, 2.24) is 14.9 Å². The van der Waals surface area contributed by atoms with Gasteiger partial charge in [-0.1, -0.05) is 0 Å². The molecule has 3 heterocycles. The van der Waals surface area contributed by atoms with Crippen LogP contribution in [0.5, 0.6) is 5.75 Å². The highest BCUT2D eigenvalue weighted by Gasteiger charge is 2.26. The molecule has 156 valence electrons. The van der Waals surface area contributed by atoms with Gasteiger partial charge >= 0.3 is 5.97 Å². The van der Waals surface area contributed by atoms with Crippen LogP contribution in [-0.4, -0.2) is 50.9 Å². The van der Waals surface area contributed by atoms with Crippen molar-refractivity contribution >= 4 is 22.8 Å². The van der Waals surface area contributed by atoms with Crippen molar-refractivity contribution in [1.29, 1.82) is 0 Å². The largest absolute Gasteiger partial charge is 0.508 e. The lowest BCUT2D eigenvalue weighted by Gasteiger charge is -2.37.